The van der Waals surface area contributed by atoms with E-state index in [0.29, 0.717) is 0 Å². The van der Waals surface area contributed by atoms with E-state index in [9.17, 15) is 5.11 Å². The van der Waals surface area contributed by atoms with Crippen molar-refractivity contribution < 1.29 is 5.11 Å². The van der Waals surface area contributed by atoms with Crippen molar-refractivity contribution in [2.45, 2.75) is 23.8 Å². The van der Waals surface area contributed by atoms with Crippen LogP contribution in [0.2, 0.25) is 5.02 Å². The predicted octanol–water partition coefficient (Wildman–Crippen LogP) is 4.44. The van der Waals surface area contributed by atoms with Gasteiger partial charge < -0.3 is 10.4 Å². The van der Waals surface area contributed by atoms with Gasteiger partial charge in [-0.1, -0.05) is 23.7 Å². The van der Waals surface area contributed by atoms with Crippen molar-refractivity contribution >= 4 is 29.2 Å². The molecule has 3 heterocycles. The highest BCUT2D eigenvalue weighted by molar-refractivity contribution is 8.00. The first-order valence-electron chi connectivity index (χ1n) is 9.33. The van der Waals surface area contributed by atoms with Crippen molar-refractivity contribution in [2.24, 2.45) is 7.05 Å². The van der Waals surface area contributed by atoms with E-state index in [2.05, 4.69) is 23.3 Å². The van der Waals surface area contributed by atoms with E-state index in [1.165, 1.54) is 5.56 Å². The van der Waals surface area contributed by atoms with Crippen LogP contribution in [0.25, 0.3) is 11.4 Å². The number of hydrogen-bond donors (Lipinski definition) is 2. The highest BCUT2D eigenvalue weighted by Crippen LogP contribution is 2.48. The highest BCUT2D eigenvalue weighted by Gasteiger charge is 2.33. The Balaban J connectivity index is 1.90. The lowest BCUT2D eigenvalue weighted by molar-refractivity contribution is 0.288. The number of aliphatic hydroxyl groups is 1. The largest absolute Gasteiger partial charge is 0.396 e. The lowest BCUT2D eigenvalue weighted by Crippen LogP contribution is -2.18. The Bertz CT molecular complexity index is 976. The van der Waals surface area contributed by atoms with Crippen LogP contribution in [0.5, 0.6) is 0 Å². The Morgan fingerprint density at radius 2 is 2.18 bits per heavy atom. The number of aryl methyl sites for hydroxylation is 2. The lowest BCUT2D eigenvalue weighted by Gasteiger charge is -2.22. The number of anilines is 1. The van der Waals surface area contributed by atoms with E-state index in [1.54, 1.807) is 6.20 Å². The van der Waals surface area contributed by atoms with Gasteiger partial charge in [-0.05, 0) is 48.7 Å². The Labute approximate surface area is 174 Å². The number of aliphatic hydroxyl groups excluding tert-OH is 1. The van der Waals surface area contributed by atoms with E-state index >= 15 is 0 Å². The molecule has 2 aromatic heterocycles. The van der Waals surface area contributed by atoms with Gasteiger partial charge in [0.25, 0.3) is 0 Å². The number of nitrogens with zero attached hydrogens (tertiary/aromatic N) is 3. The molecule has 0 unspecified atom stereocenters. The van der Waals surface area contributed by atoms with Gasteiger partial charge in [0, 0.05) is 42.2 Å². The van der Waals surface area contributed by atoms with Crippen molar-refractivity contribution in [3.05, 3.63) is 64.3 Å². The second-order valence-corrected chi connectivity index (χ2v) is 8.83. The molecule has 0 fully saturated rings. The van der Waals surface area contributed by atoms with Crippen LogP contribution in [-0.2, 0) is 7.05 Å². The van der Waals surface area contributed by atoms with Crippen molar-refractivity contribution in [3.63, 3.8) is 0 Å². The Morgan fingerprint density at radius 1 is 1.32 bits per heavy atom. The van der Waals surface area contributed by atoms with Crippen molar-refractivity contribution in [2.75, 3.05) is 18.5 Å². The molecule has 0 bridgehead atoms. The number of nitrogens with one attached hydrogen (secondary N) is 1. The molecule has 5 nitrogen and oxygen atoms in total. The van der Waals surface area contributed by atoms with Gasteiger partial charge >= 0.3 is 0 Å². The van der Waals surface area contributed by atoms with E-state index in [-0.39, 0.29) is 17.1 Å². The fraction of sp³-hybridized carbons (Fsp3) is 0.333. The Morgan fingerprint density at radius 3 is 2.89 bits per heavy atom. The molecule has 1 aromatic carbocycles. The van der Waals surface area contributed by atoms with Gasteiger partial charge in [-0.15, -0.1) is 11.8 Å². The van der Waals surface area contributed by atoms with Gasteiger partial charge in [0.1, 0.15) is 11.5 Å². The molecule has 146 valence electrons. The summed E-state index contributed by atoms with van der Waals surface area (Å²) in [5.41, 5.74) is 5.25. The minimum atomic E-state index is 0.0736. The van der Waals surface area contributed by atoms with Crippen LogP contribution in [0.4, 0.5) is 5.82 Å². The predicted molar refractivity (Wildman–Crippen MR) is 116 cm³/mol. The fourth-order valence-corrected chi connectivity index (χ4v) is 5.49. The zero-order valence-corrected chi connectivity index (χ0v) is 17.5. The van der Waals surface area contributed by atoms with Crippen LogP contribution in [0, 0.1) is 6.92 Å². The summed E-state index contributed by atoms with van der Waals surface area (Å²) in [6, 6.07) is 12.0. The van der Waals surface area contributed by atoms with Crippen LogP contribution < -0.4 is 5.32 Å². The molecule has 28 heavy (non-hydrogen) atoms. The third-order valence-corrected chi connectivity index (χ3v) is 6.83. The van der Waals surface area contributed by atoms with E-state index in [0.717, 1.165) is 46.3 Å². The topological polar surface area (TPSA) is 63.0 Å². The summed E-state index contributed by atoms with van der Waals surface area (Å²) >= 11 is 8.09. The monoisotopic (exact) mass is 414 g/mol. The lowest BCUT2D eigenvalue weighted by atomic mass is 9.98. The minimum Gasteiger partial charge on any atom is -0.396 e. The maximum atomic E-state index is 9.53. The second-order valence-electron chi connectivity index (χ2n) is 6.98. The maximum absolute atomic E-state index is 9.53. The standard InChI is InChI=1S/C21H23ClN4OS/c1-13-11-14(22)6-7-16(13)20-18-19(17-5-3-4-9-23-17)25-26(2)21(18)24-12-15(28-20)8-10-27/h3-7,9,11,15,20,24,27H,8,10,12H2,1-2H3/t15-,20+/m1/s1. The zero-order valence-electron chi connectivity index (χ0n) is 15.9. The average Bonchev–Trinajstić information content (AvgIpc) is 2.89. The first-order chi connectivity index (χ1) is 13.6. The molecule has 0 radical (unpaired) electrons. The fourth-order valence-electron chi connectivity index (χ4n) is 3.69. The number of pyridine rings is 1. The van der Waals surface area contributed by atoms with E-state index < -0.39 is 0 Å². The molecule has 2 atom stereocenters. The summed E-state index contributed by atoms with van der Waals surface area (Å²) in [7, 11) is 1.96. The smallest absolute Gasteiger partial charge is 0.129 e. The summed E-state index contributed by atoms with van der Waals surface area (Å²) in [5, 5.41) is 19.0. The molecule has 7 heteroatoms. The highest BCUT2D eigenvalue weighted by atomic mass is 35.5. The molecular formula is C21H23ClN4OS. The van der Waals surface area contributed by atoms with Gasteiger partial charge in [0.2, 0.25) is 0 Å². The second kappa shape index (κ2) is 8.15. The van der Waals surface area contributed by atoms with Crippen LogP contribution in [0.3, 0.4) is 0 Å². The number of rotatable bonds is 4. The summed E-state index contributed by atoms with van der Waals surface area (Å²) < 4.78 is 1.90. The van der Waals surface area contributed by atoms with Crippen LogP contribution in [0.15, 0.2) is 42.6 Å². The molecule has 0 spiro atoms. The van der Waals surface area contributed by atoms with Gasteiger partial charge in [0.05, 0.1) is 10.9 Å². The Kier molecular flexibility index (Phi) is 5.62. The molecule has 0 saturated heterocycles. The molecule has 0 aliphatic carbocycles. The average molecular weight is 415 g/mol. The molecule has 0 amide bonds. The van der Waals surface area contributed by atoms with E-state index in [1.807, 2.05) is 53.8 Å². The van der Waals surface area contributed by atoms with E-state index in [4.69, 9.17) is 16.7 Å². The Hall–Kier alpha value is -2.02. The number of benzene rings is 1. The molecular weight excluding hydrogens is 392 g/mol. The zero-order chi connectivity index (χ0) is 19.7. The quantitative estimate of drug-likeness (QED) is 0.660. The van der Waals surface area contributed by atoms with Crippen molar-refractivity contribution in [1.82, 2.24) is 14.8 Å². The number of fused-ring (bicyclic) bond motifs is 1. The summed E-state index contributed by atoms with van der Waals surface area (Å²) in [6.07, 6.45) is 2.53. The van der Waals surface area contributed by atoms with Gasteiger partial charge in [0.15, 0.2) is 0 Å². The van der Waals surface area contributed by atoms with Crippen LogP contribution in [0.1, 0.15) is 28.4 Å². The molecule has 0 saturated carbocycles. The van der Waals surface area contributed by atoms with Crippen LogP contribution in [-0.4, -0.2) is 38.3 Å². The van der Waals surface area contributed by atoms with Crippen molar-refractivity contribution in [1.29, 1.82) is 0 Å². The third-order valence-electron chi connectivity index (χ3n) is 5.04. The normalized spacial score (nSPS) is 19.0. The molecule has 1 aliphatic heterocycles. The SMILES string of the molecule is Cc1cc(Cl)ccc1[C@@H]1S[C@H](CCO)CNc2c1c(-c1ccccn1)nn2C. The van der Waals surface area contributed by atoms with Crippen LogP contribution >= 0.6 is 23.4 Å². The molecule has 1 aliphatic rings. The number of aromatic nitrogens is 3. The maximum Gasteiger partial charge on any atom is 0.129 e. The van der Waals surface area contributed by atoms with Gasteiger partial charge in [-0.3, -0.25) is 9.67 Å². The number of thioether (sulfide) groups is 1. The van der Waals surface area contributed by atoms with Crippen molar-refractivity contribution in [3.8, 4) is 11.4 Å². The van der Waals surface area contributed by atoms with Gasteiger partial charge in [-0.2, -0.15) is 5.10 Å². The molecule has 2 N–H and O–H groups in total. The first-order valence-corrected chi connectivity index (χ1v) is 10.6. The van der Waals surface area contributed by atoms with Gasteiger partial charge in [-0.25, -0.2) is 0 Å². The summed E-state index contributed by atoms with van der Waals surface area (Å²) in [4.78, 5) is 4.55. The number of halogens is 1. The molecule has 4 rings (SSSR count). The molecule has 3 aromatic rings. The summed E-state index contributed by atoms with van der Waals surface area (Å²) in [6.45, 7) is 3.05. The summed E-state index contributed by atoms with van der Waals surface area (Å²) in [5.74, 6) is 1.01. The minimum absolute atomic E-state index is 0.0736. The first kappa shape index (κ1) is 19.3. The number of hydrogen-bond acceptors (Lipinski definition) is 5. The third kappa shape index (κ3) is 3.64.